The van der Waals surface area contributed by atoms with E-state index in [9.17, 15) is 9.59 Å². The molecule has 7 heteroatoms. The van der Waals surface area contributed by atoms with Gasteiger partial charge in [-0.15, -0.1) is 0 Å². The molecule has 1 aromatic rings. The molecule has 2 aliphatic rings. The van der Waals surface area contributed by atoms with E-state index in [-0.39, 0.29) is 11.9 Å². The standard InChI is InChI=1S/C24H34N4O3/c1-24(2,3)21(22(29)28-13-8-9-14-28)27-23(30)26-19-12-15-31-16-18(19)20(25-4)17-10-6-5-7-11-17/h5-7,10-11,21H,8-9,12-16H2,1-4H3,(H2,26,27,30)/b25-20-/t21-/m1/s1. The van der Waals surface area contributed by atoms with E-state index < -0.39 is 11.5 Å². The second kappa shape index (κ2) is 10.1. The monoisotopic (exact) mass is 426 g/mol. The number of urea groups is 1. The number of hydrogen-bond donors (Lipinski definition) is 2. The summed E-state index contributed by atoms with van der Waals surface area (Å²) >= 11 is 0. The Morgan fingerprint density at radius 1 is 1.13 bits per heavy atom. The zero-order valence-corrected chi connectivity index (χ0v) is 19.0. The van der Waals surface area contributed by atoms with Crippen LogP contribution in [-0.4, -0.2) is 61.9 Å². The summed E-state index contributed by atoms with van der Waals surface area (Å²) in [7, 11) is 1.74. The highest BCUT2D eigenvalue weighted by molar-refractivity contribution is 6.13. The van der Waals surface area contributed by atoms with Crippen molar-refractivity contribution < 1.29 is 14.3 Å². The lowest BCUT2D eigenvalue weighted by molar-refractivity contribution is -0.134. The molecule has 1 atom stereocenters. The summed E-state index contributed by atoms with van der Waals surface area (Å²) in [6, 6.07) is 8.90. The van der Waals surface area contributed by atoms with Crippen molar-refractivity contribution in [3.8, 4) is 0 Å². The average Bonchev–Trinajstić information content (AvgIpc) is 3.28. The Hall–Kier alpha value is -2.67. The third kappa shape index (κ3) is 5.73. The first-order chi connectivity index (χ1) is 14.8. The molecule has 0 spiro atoms. The second-order valence-electron chi connectivity index (χ2n) is 9.13. The van der Waals surface area contributed by atoms with Gasteiger partial charge in [0.1, 0.15) is 6.04 Å². The highest BCUT2D eigenvalue weighted by Crippen LogP contribution is 2.24. The van der Waals surface area contributed by atoms with Gasteiger partial charge < -0.3 is 20.3 Å². The van der Waals surface area contributed by atoms with E-state index in [2.05, 4.69) is 15.6 Å². The summed E-state index contributed by atoms with van der Waals surface area (Å²) in [5.74, 6) is -0.0126. The molecule has 2 N–H and O–H groups in total. The summed E-state index contributed by atoms with van der Waals surface area (Å²) in [4.78, 5) is 32.3. The molecule has 0 unspecified atom stereocenters. The van der Waals surface area contributed by atoms with E-state index in [0.717, 1.165) is 48.5 Å². The quantitative estimate of drug-likeness (QED) is 0.710. The fourth-order valence-electron chi connectivity index (χ4n) is 4.04. The maximum atomic E-state index is 13.1. The number of rotatable bonds is 5. The van der Waals surface area contributed by atoms with Crippen LogP contribution in [0.3, 0.4) is 0 Å². The number of amides is 3. The van der Waals surface area contributed by atoms with Crippen molar-refractivity contribution in [3.63, 3.8) is 0 Å². The van der Waals surface area contributed by atoms with Crippen LogP contribution in [0.15, 0.2) is 46.6 Å². The van der Waals surface area contributed by atoms with Crippen molar-refractivity contribution in [2.75, 3.05) is 33.4 Å². The zero-order valence-electron chi connectivity index (χ0n) is 19.0. The molecular weight excluding hydrogens is 392 g/mol. The van der Waals surface area contributed by atoms with Gasteiger partial charge in [-0.05, 0) is 18.3 Å². The number of carbonyl (C=O) groups is 2. The van der Waals surface area contributed by atoms with Crippen LogP contribution in [0.5, 0.6) is 0 Å². The van der Waals surface area contributed by atoms with E-state index in [1.165, 1.54) is 0 Å². The Labute approximate surface area is 184 Å². The fraction of sp³-hybridized carbons (Fsp3) is 0.542. The molecule has 0 bridgehead atoms. The maximum absolute atomic E-state index is 13.1. The van der Waals surface area contributed by atoms with E-state index in [4.69, 9.17) is 4.74 Å². The molecule has 3 rings (SSSR count). The highest BCUT2D eigenvalue weighted by atomic mass is 16.5. The smallest absolute Gasteiger partial charge is 0.319 e. The third-order valence-corrected chi connectivity index (χ3v) is 5.73. The van der Waals surface area contributed by atoms with Gasteiger partial charge >= 0.3 is 6.03 Å². The normalized spacial score (nSPS) is 18.7. The molecular formula is C24H34N4O3. The molecule has 1 saturated heterocycles. The topological polar surface area (TPSA) is 83.0 Å². The summed E-state index contributed by atoms with van der Waals surface area (Å²) in [5.41, 5.74) is 3.03. The molecule has 168 valence electrons. The third-order valence-electron chi connectivity index (χ3n) is 5.73. The first-order valence-corrected chi connectivity index (χ1v) is 11.0. The van der Waals surface area contributed by atoms with Gasteiger partial charge in [-0.1, -0.05) is 51.1 Å². The minimum Gasteiger partial charge on any atom is -0.376 e. The van der Waals surface area contributed by atoms with Gasteiger partial charge in [0.2, 0.25) is 5.91 Å². The Morgan fingerprint density at radius 3 is 2.42 bits per heavy atom. The fourth-order valence-corrected chi connectivity index (χ4v) is 4.04. The maximum Gasteiger partial charge on any atom is 0.319 e. The number of aliphatic imine (C=N–C) groups is 1. The summed E-state index contributed by atoms with van der Waals surface area (Å²) < 4.78 is 5.67. The predicted octanol–water partition coefficient (Wildman–Crippen LogP) is 3.12. The summed E-state index contributed by atoms with van der Waals surface area (Å²) in [6.07, 6.45) is 2.61. The van der Waals surface area contributed by atoms with E-state index >= 15 is 0 Å². The van der Waals surface area contributed by atoms with Gasteiger partial charge in [0.25, 0.3) is 0 Å². The van der Waals surface area contributed by atoms with Crippen LogP contribution in [0.2, 0.25) is 0 Å². The molecule has 2 aliphatic heterocycles. The van der Waals surface area contributed by atoms with E-state index in [1.54, 1.807) is 7.05 Å². The van der Waals surface area contributed by atoms with Crippen LogP contribution in [0.1, 0.15) is 45.6 Å². The Kier molecular flexibility index (Phi) is 7.49. The molecule has 0 aromatic heterocycles. The number of nitrogens with zero attached hydrogens (tertiary/aromatic N) is 2. The van der Waals surface area contributed by atoms with Crippen LogP contribution in [0.4, 0.5) is 4.79 Å². The number of ether oxygens (including phenoxy) is 1. The molecule has 1 fully saturated rings. The molecule has 7 nitrogen and oxygen atoms in total. The summed E-state index contributed by atoms with van der Waals surface area (Å²) in [6.45, 7) is 8.35. The van der Waals surface area contributed by atoms with Gasteiger partial charge in [0, 0.05) is 43.4 Å². The minimum absolute atomic E-state index is 0.0126. The first-order valence-electron chi connectivity index (χ1n) is 11.0. The van der Waals surface area contributed by atoms with E-state index in [1.807, 2.05) is 56.0 Å². The second-order valence-corrected chi connectivity index (χ2v) is 9.13. The van der Waals surface area contributed by atoms with Crippen molar-refractivity contribution in [2.45, 2.75) is 46.1 Å². The van der Waals surface area contributed by atoms with Crippen LogP contribution in [-0.2, 0) is 9.53 Å². The number of carbonyl (C=O) groups excluding carboxylic acids is 2. The van der Waals surface area contributed by atoms with Gasteiger partial charge in [-0.3, -0.25) is 9.79 Å². The first kappa shape index (κ1) is 23.0. The highest BCUT2D eigenvalue weighted by Gasteiger charge is 2.36. The lowest BCUT2D eigenvalue weighted by atomic mass is 9.86. The van der Waals surface area contributed by atoms with Crippen molar-refractivity contribution in [3.05, 3.63) is 47.2 Å². The Balaban J connectivity index is 1.79. The van der Waals surface area contributed by atoms with Crippen molar-refractivity contribution >= 4 is 17.6 Å². The molecule has 2 heterocycles. The van der Waals surface area contributed by atoms with Crippen molar-refractivity contribution in [2.24, 2.45) is 10.4 Å². The molecule has 3 amide bonds. The zero-order chi connectivity index (χ0) is 22.4. The predicted molar refractivity (Wildman–Crippen MR) is 122 cm³/mol. The lowest BCUT2D eigenvalue weighted by Crippen LogP contribution is -2.56. The molecule has 0 saturated carbocycles. The number of nitrogens with one attached hydrogen (secondary N) is 2. The van der Waals surface area contributed by atoms with Crippen molar-refractivity contribution in [1.29, 1.82) is 0 Å². The Morgan fingerprint density at radius 2 is 1.81 bits per heavy atom. The number of hydrogen-bond acceptors (Lipinski definition) is 4. The van der Waals surface area contributed by atoms with Crippen molar-refractivity contribution in [1.82, 2.24) is 15.5 Å². The number of likely N-dealkylation sites (tertiary alicyclic amines) is 1. The molecule has 31 heavy (non-hydrogen) atoms. The van der Waals surface area contributed by atoms with Crippen LogP contribution < -0.4 is 10.6 Å². The SMILES string of the molecule is C/N=C(\C1=C(NC(=O)N[C@H](C(=O)N2CCCC2)C(C)(C)C)CCOC1)c1ccccc1. The largest absolute Gasteiger partial charge is 0.376 e. The average molecular weight is 427 g/mol. The van der Waals surface area contributed by atoms with Gasteiger partial charge in [0.15, 0.2) is 0 Å². The lowest BCUT2D eigenvalue weighted by Gasteiger charge is -2.33. The number of benzene rings is 1. The molecule has 0 aliphatic carbocycles. The van der Waals surface area contributed by atoms with E-state index in [0.29, 0.717) is 19.6 Å². The van der Waals surface area contributed by atoms with Gasteiger partial charge in [-0.2, -0.15) is 0 Å². The minimum atomic E-state index is -0.595. The molecule has 0 radical (unpaired) electrons. The van der Waals surface area contributed by atoms with Gasteiger partial charge in [0.05, 0.1) is 18.9 Å². The van der Waals surface area contributed by atoms with Crippen LogP contribution in [0.25, 0.3) is 0 Å². The Bertz CT molecular complexity index is 849. The van der Waals surface area contributed by atoms with Crippen LogP contribution >= 0.6 is 0 Å². The van der Waals surface area contributed by atoms with Crippen LogP contribution in [0, 0.1) is 5.41 Å². The summed E-state index contributed by atoms with van der Waals surface area (Å²) in [5, 5.41) is 5.94. The molecule has 1 aromatic carbocycles. The van der Waals surface area contributed by atoms with Gasteiger partial charge in [-0.25, -0.2) is 4.79 Å².